The van der Waals surface area contributed by atoms with Crippen LogP contribution in [0.5, 0.6) is 11.5 Å². The van der Waals surface area contributed by atoms with E-state index in [2.05, 4.69) is 16.1 Å². The molecule has 0 saturated heterocycles. The number of hydrogen-bond donors (Lipinski definition) is 2. The fraction of sp³-hybridized carbons (Fsp3) is 0.346. The third-order valence-electron chi connectivity index (χ3n) is 5.46. The van der Waals surface area contributed by atoms with E-state index in [1.807, 2.05) is 45.0 Å². The Morgan fingerprint density at radius 1 is 1.15 bits per heavy atom. The number of rotatable bonds is 11. The van der Waals surface area contributed by atoms with E-state index in [9.17, 15) is 9.18 Å². The molecule has 1 aliphatic rings. The van der Waals surface area contributed by atoms with Crippen molar-refractivity contribution >= 4 is 24.0 Å². The van der Waals surface area contributed by atoms with Crippen molar-refractivity contribution in [2.75, 3.05) is 26.6 Å². The van der Waals surface area contributed by atoms with E-state index in [-0.39, 0.29) is 5.82 Å². The van der Waals surface area contributed by atoms with E-state index in [1.54, 1.807) is 39.3 Å². The SMILES string of the molecule is COc1ccc(C2CC2SN/C(C=C(C)C)=C(\Nc2ccc(C)cc2F)N(C)C=O)cc1OC. The summed E-state index contributed by atoms with van der Waals surface area (Å²) in [6, 6.07) is 11.0. The van der Waals surface area contributed by atoms with Crippen LogP contribution in [0.3, 0.4) is 0 Å². The van der Waals surface area contributed by atoms with Crippen molar-refractivity contribution in [1.82, 2.24) is 9.62 Å². The molecule has 2 N–H and O–H groups in total. The minimum absolute atomic E-state index is 0.301. The minimum atomic E-state index is -0.378. The van der Waals surface area contributed by atoms with Crippen LogP contribution in [0.25, 0.3) is 0 Å². The summed E-state index contributed by atoms with van der Waals surface area (Å²) >= 11 is 1.59. The van der Waals surface area contributed by atoms with Gasteiger partial charge >= 0.3 is 0 Å². The van der Waals surface area contributed by atoms with Gasteiger partial charge in [-0.05, 0) is 86.5 Å². The third kappa shape index (κ3) is 6.26. The molecule has 1 fully saturated rings. The number of anilines is 1. The van der Waals surface area contributed by atoms with Crippen LogP contribution in [0.4, 0.5) is 10.1 Å². The van der Waals surface area contributed by atoms with Gasteiger partial charge in [0.2, 0.25) is 6.41 Å². The smallest absolute Gasteiger partial charge is 0.215 e. The van der Waals surface area contributed by atoms with Gasteiger partial charge in [0.05, 0.1) is 25.6 Å². The number of nitrogens with zero attached hydrogens (tertiary/aromatic N) is 1. The molecule has 6 nitrogen and oxygen atoms in total. The van der Waals surface area contributed by atoms with Gasteiger partial charge < -0.3 is 24.4 Å². The van der Waals surface area contributed by atoms with Crippen molar-refractivity contribution in [1.29, 1.82) is 0 Å². The highest BCUT2D eigenvalue weighted by atomic mass is 32.2. The molecule has 2 atom stereocenters. The van der Waals surface area contributed by atoms with Crippen LogP contribution in [0.1, 0.15) is 37.3 Å². The molecular formula is C26H32FN3O3S. The zero-order valence-electron chi connectivity index (χ0n) is 20.4. The second-order valence-electron chi connectivity index (χ2n) is 8.52. The molecule has 8 heteroatoms. The van der Waals surface area contributed by atoms with Crippen LogP contribution < -0.4 is 19.5 Å². The largest absolute Gasteiger partial charge is 0.493 e. The Morgan fingerprint density at radius 3 is 2.50 bits per heavy atom. The molecule has 0 aromatic heterocycles. The molecule has 3 rings (SSSR count). The summed E-state index contributed by atoms with van der Waals surface area (Å²) in [4.78, 5) is 13.0. The van der Waals surface area contributed by atoms with Crippen LogP contribution >= 0.6 is 11.9 Å². The van der Waals surface area contributed by atoms with Gasteiger partial charge in [0.1, 0.15) is 11.6 Å². The Balaban J connectivity index is 1.81. The Kier molecular flexibility index (Phi) is 8.50. The lowest BCUT2D eigenvalue weighted by molar-refractivity contribution is -0.115. The van der Waals surface area contributed by atoms with Crippen molar-refractivity contribution in [3.8, 4) is 11.5 Å². The topological polar surface area (TPSA) is 62.8 Å². The maximum Gasteiger partial charge on any atom is 0.215 e. The molecule has 2 aromatic carbocycles. The van der Waals surface area contributed by atoms with E-state index >= 15 is 0 Å². The molecule has 1 aliphatic carbocycles. The Morgan fingerprint density at radius 2 is 1.88 bits per heavy atom. The van der Waals surface area contributed by atoms with E-state index in [0.717, 1.165) is 17.6 Å². The van der Waals surface area contributed by atoms with Gasteiger partial charge in [0.15, 0.2) is 11.5 Å². The average Bonchev–Trinajstić information content (AvgIpc) is 3.60. The van der Waals surface area contributed by atoms with Gasteiger partial charge in [-0.2, -0.15) is 0 Å². The quantitative estimate of drug-likeness (QED) is 0.246. The lowest BCUT2D eigenvalue weighted by atomic mass is 10.1. The molecule has 1 saturated carbocycles. The van der Waals surface area contributed by atoms with Gasteiger partial charge in [-0.1, -0.05) is 17.7 Å². The first-order chi connectivity index (χ1) is 16.3. The number of allylic oxidation sites excluding steroid dienone is 2. The van der Waals surface area contributed by atoms with Crippen molar-refractivity contribution in [3.05, 3.63) is 76.5 Å². The fourth-order valence-electron chi connectivity index (χ4n) is 3.56. The van der Waals surface area contributed by atoms with Gasteiger partial charge in [-0.3, -0.25) is 4.79 Å². The average molecular weight is 486 g/mol. The van der Waals surface area contributed by atoms with Crippen molar-refractivity contribution in [2.24, 2.45) is 0 Å². The second kappa shape index (κ2) is 11.3. The standard InChI is InChI=1S/C26H32FN3O3S/c1-16(2)11-22(26(30(4)15-31)28-21-9-7-17(3)12-20(21)27)29-34-25-14-19(25)18-8-10-23(32-5)24(13-18)33-6/h7-13,15,19,25,28-29H,14H2,1-6H3/b26-22+. The highest BCUT2D eigenvalue weighted by Gasteiger charge is 2.40. The predicted molar refractivity (Wildman–Crippen MR) is 136 cm³/mol. The van der Waals surface area contributed by atoms with Crippen LogP contribution in [-0.4, -0.2) is 37.8 Å². The lowest BCUT2D eigenvalue weighted by Crippen LogP contribution is -2.26. The minimum Gasteiger partial charge on any atom is -0.493 e. The highest BCUT2D eigenvalue weighted by Crippen LogP contribution is 2.50. The number of carbonyl (C=O) groups excluding carboxylic acids is 1. The van der Waals surface area contributed by atoms with Gasteiger partial charge in [-0.25, -0.2) is 4.39 Å². The number of halogens is 1. The molecule has 1 amide bonds. The molecule has 0 spiro atoms. The molecule has 0 aliphatic heterocycles. The van der Waals surface area contributed by atoms with Crippen LogP contribution in [0, 0.1) is 12.7 Å². The number of ether oxygens (including phenoxy) is 2. The summed E-state index contributed by atoms with van der Waals surface area (Å²) in [5.41, 5.74) is 4.05. The molecule has 182 valence electrons. The van der Waals surface area contributed by atoms with Crippen molar-refractivity contribution < 1.29 is 18.7 Å². The number of hydrogen-bond acceptors (Lipinski definition) is 6. The van der Waals surface area contributed by atoms with Crippen LogP contribution in [0.2, 0.25) is 0 Å². The Labute approximate surface area is 205 Å². The summed E-state index contributed by atoms with van der Waals surface area (Å²) < 4.78 is 28.7. The number of aryl methyl sites for hydroxylation is 1. The zero-order chi connectivity index (χ0) is 24.8. The monoisotopic (exact) mass is 485 g/mol. The Hall–Kier alpha value is -3.13. The van der Waals surface area contributed by atoms with E-state index in [1.165, 1.54) is 16.5 Å². The third-order valence-corrected chi connectivity index (χ3v) is 6.63. The van der Waals surface area contributed by atoms with Crippen LogP contribution in [0.15, 0.2) is 59.6 Å². The summed E-state index contributed by atoms with van der Waals surface area (Å²) in [6.07, 6.45) is 3.65. The van der Waals surface area contributed by atoms with Gasteiger partial charge in [-0.15, -0.1) is 0 Å². The molecule has 0 radical (unpaired) electrons. The summed E-state index contributed by atoms with van der Waals surface area (Å²) in [6.45, 7) is 5.78. The van der Waals surface area contributed by atoms with E-state index in [4.69, 9.17) is 9.47 Å². The maximum absolute atomic E-state index is 14.5. The number of amides is 1. The lowest BCUT2D eigenvalue weighted by Gasteiger charge is -2.22. The number of methoxy groups -OCH3 is 2. The zero-order valence-corrected chi connectivity index (χ0v) is 21.3. The number of nitrogens with one attached hydrogen (secondary N) is 2. The molecule has 34 heavy (non-hydrogen) atoms. The van der Waals surface area contributed by atoms with Crippen molar-refractivity contribution in [3.63, 3.8) is 0 Å². The predicted octanol–water partition coefficient (Wildman–Crippen LogP) is 5.58. The first kappa shape index (κ1) is 25.5. The molecular weight excluding hydrogens is 453 g/mol. The maximum atomic E-state index is 14.5. The second-order valence-corrected chi connectivity index (χ2v) is 9.57. The van der Waals surface area contributed by atoms with Crippen LogP contribution in [-0.2, 0) is 4.79 Å². The first-order valence-electron chi connectivity index (χ1n) is 11.0. The highest BCUT2D eigenvalue weighted by molar-refractivity contribution is 7.98. The fourth-order valence-corrected chi connectivity index (χ4v) is 4.62. The molecule has 0 bridgehead atoms. The molecule has 0 heterocycles. The number of carbonyl (C=O) groups is 1. The van der Waals surface area contributed by atoms with Crippen molar-refractivity contribution in [2.45, 2.75) is 38.4 Å². The summed E-state index contributed by atoms with van der Waals surface area (Å²) in [7, 11) is 4.89. The summed E-state index contributed by atoms with van der Waals surface area (Å²) in [5.74, 6) is 1.89. The normalized spacial score (nSPS) is 17.3. The molecule has 2 aromatic rings. The first-order valence-corrected chi connectivity index (χ1v) is 11.9. The number of benzene rings is 2. The summed E-state index contributed by atoms with van der Waals surface area (Å²) in [5, 5.41) is 3.44. The van der Waals surface area contributed by atoms with Gasteiger partial charge in [0.25, 0.3) is 0 Å². The van der Waals surface area contributed by atoms with Gasteiger partial charge in [0, 0.05) is 12.3 Å². The van der Waals surface area contributed by atoms with E-state index in [0.29, 0.717) is 46.3 Å². The molecule has 2 unspecified atom stereocenters. The Bertz CT molecular complexity index is 1100. The van der Waals surface area contributed by atoms with E-state index < -0.39 is 0 Å².